The second-order valence-corrected chi connectivity index (χ2v) is 6.32. The van der Waals surface area contributed by atoms with E-state index in [1.807, 2.05) is 13.1 Å². The molecule has 0 saturated heterocycles. The van der Waals surface area contributed by atoms with Gasteiger partial charge in [0.1, 0.15) is 23.6 Å². The second-order valence-electron chi connectivity index (χ2n) is 5.26. The minimum absolute atomic E-state index is 0.722. The molecule has 0 aliphatic rings. The molecule has 23 heavy (non-hydrogen) atoms. The lowest BCUT2D eigenvalue weighted by Gasteiger charge is -2.02. The molecule has 7 heteroatoms. The van der Waals surface area contributed by atoms with E-state index < -0.39 is 0 Å². The molecule has 4 aromatic rings. The maximum Gasteiger partial charge on any atom is 0.161 e. The van der Waals surface area contributed by atoms with Crippen LogP contribution < -0.4 is 10.1 Å². The number of anilines is 1. The molecule has 0 aliphatic heterocycles. The van der Waals surface area contributed by atoms with Gasteiger partial charge in [0, 0.05) is 7.05 Å². The van der Waals surface area contributed by atoms with Gasteiger partial charge >= 0.3 is 0 Å². The Kier molecular flexibility index (Phi) is 3.16. The Morgan fingerprint density at radius 2 is 2.09 bits per heavy atom. The maximum absolute atomic E-state index is 5.52. The summed E-state index contributed by atoms with van der Waals surface area (Å²) >= 11 is 1.66. The maximum atomic E-state index is 5.52. The van der Waals surface area contributed by atoms with E-state index in [2.05, 4.69) is 44.5 Å². The molecule has 6 nitrogen and oxygen atoms in total. The minimum Gasteiger partial charge on any atom is -0.495 e. The first-order valence-corrected chi connectivity index (χ1v) is 7.98. The third-order valence-electron chi connectivity index (χ3n) is 3.77. The zero-order valence-corrected chi connectivity index (χ0v) is 13.8. The standard InChI is InChI=1S/C16H15N5OS/c1-8-4-9-6-11(23-14(9)10(5-8)22-3)13-12-15(17-2)18-7-19-16(12)21-20-13/h4-7H,1-3H3,(H2,17,18,19,20,21). The number of nitrogens with one attached hydrogen (secondary N) is 2. The molecule has 1 aromatic carbocycles. The normalized spacial score (nSPS) is 11.3. The van der Waals surface area contributed by atoms with Crippen LogP contribution in [0.2, 0.25) is 0 Å². The topological polar surface area (TPSA) is 75.7 Å². The van der Waals surface area contributed by atoms with Gasteiger partial charge in [-0.25, -0.2) is 9.97 Å². The first-order chi connectivity index (χ1) is 11.2. The summed E-state index contributed by atoms with van der Waals surface area (Å²) in [6.45, 7) is 2.07. The molecule has 0 bridgehead atoms. The van der Waals surface area contributed by atoms with Crippen LogP contribution in [-0.2, 0) is 0 Å². The minimum atomic E-state index is 0.722. The van der Waals surface area contributed by atoms with Crippen LogP contribution in [0.25, 0.3) is 31.7 Å². The molecular formula is C16H15N5OS. The molecule has 4 rings (SSSR count). The zero-order valence-electron chi connectivity index (χ0n) is 13.0. The third-order valence-corrected chi connectivity index (χ3v) is 4.95. The smallest absolute Gasteiger partial charge is 0.161 e. The van der Waals surface area contributed by atoms with Crippen LogP contribution in [0, 0.1) is 6.92 Å². The van der Waals surface area contributed by atoms with Crippen molar-refractivity contribution in [1.29, 1.82) is 0 Å². The van der Waals surface area contributed by atoms with E-state index in [9.17, 15) is 0 Å². The van der Waals surface area contributed by atoms with Gasteiger partial charge in [-0.2, -0.15) is 5.10 Å². The summed E-state index contributed by atoms with van der Waals surface area (Å²) in [5.74, 6) is 1.65. The summed E-state index contributed by atoms with van der Waals surface area (Å²) in [6, 6.07) is 6.34. The van der Waals surface area contributed by atoms with Crippen molar-refractivity contribution >= 4 is 38.3 Å². The molecule has 0 fully saturated rings. The van der Waals surface area contributed by atoms with Crippen LogP contribution in [0.5, 0.6) is 5.75 Å². The van der Waals surface area contributed by atoms with Gasteiger partial charge in [-0.05, 0) is 30.0 Å². The molecular weight excluding hydrogens is 310 g/mol. The fourth-order valence-corrected chi connectivity index (χ4v) is 3.89. The van der Waals surface area contributed by atoms with Crippen LogP contribution in [0.4, 0.5) is 5.82 Å². The number of aromatic nitrogens is 4. The van der Waals surface area contributed by atoms with Crippen LogP contribution >= 0.6 is 11.3 Å². The highest BCUT2D eigenvalue weighted by Gasteiger charge is 2.17. The second kappa shape index (κ2) is 5.20. The Bertz CT molecular complexity index is 1020. The van der Waals surface area contributed by atoms with Gasteiger partial charge in [-0.3, -0.25) is 5.10 Å². The average molecular weight is 325 g/mol. The number of methoxy groups -OCH3 is 1. The number of aryl methyl sites for hydroxylation is 1. The van der Waals surface area contributed by atoms with Crippen molar-refractivity contribution < 1.29 is 4.74 Å². The zero-order chi connectivity index (χ0) is 16.0. The Hall–Kier alpha value is -2.67. The predicted octanol–water partition coefficient (Wildman–Crippen LogP) is 3.59. The van der Waals surface area contributed by atoms with Crippen LogP contribution in [0.3, 0.4) is 0 Å². The largest absolute Gasteiger partial charge is 0.495 e. The van der Waals surface area contributed by atoms with E-state index in [1.54, 1.807) is 18.4 Å². The van der Waals surface area contributed by atoms with Gasteiger partial charge in [-0.1, -0.05) is 6.07 Å². The third kappa shape index (κ3) is 2.12. The Morgan fingerprint density at radius 1 is 1.22 bits per heavy atom. The number of ether oxygens (including phenoxy) is 1. The quantitative estimate of drug-likeness (QED) is 0.602. The molecule has 3 heterocycles. The molecule has 0 radical (unpaired) electrons. The number of benzene rings is 1. The SMILES string of the molecule is CNc1ncnc2[nH]nc(-c3cc4cc(C)cc(OC)c4s3)c12. The van der Waals surface area contributed by atoms with Gasteiger partial charge < -0.3 is 10.1 Å². The number of hydrogen-bond acceptors (Lipinski definition) is 6. The summed E-state index contributed by atoms with van der Waals surface area (Å²) in [5.41, 5.74) is 2.75. The molecule has 0 spiro atoms. The van der Waals surface area contributed by atoms with Gasteiger partial charge in [0.2, 0.25) is 0 Å². The molecule has 0 aliphatic carbocycles. The van der Waals surface area contributed by atoms with Crippen molar-refractivity contribution in [2.75, 3.05) is 19.5 Å². The van der Waals surface area contributed by atoms with Gasteiger partial charge in [0.05, 0.1) is 22.1 Å². The molecule has 116 valence electrons. The fourth-order valence-electron chi connectivity index (χ4n) is 2.76. The number of rotatable bonds is 3. The van der Waals surface area contributed by atoms with Gasteiger partial charge in [0.25, 0.3) is 0 Å². The number of thiophene rings is 1. The summed E-state index contributed by atoms with van der Waals surface area (Å²) in [6.07, 6.45) is 1.52. The lowest BCUT2D eigenvalue weighted by atomic mass is 10.1. The summed E-state index contributed by atoms with van der Waals surface area (Å²) in [5, 5.41) is 12.6. The van der Waals surface area contributed by atoms with E-state index >= 15 is 0 Å². The molecule has 0 saturated carbocycles. The highest BCUT2D eigenvalue weighted by molar-refractivity contribution is 7.22. The Balaban J connectivity index is 2.00. The monoisotopic (exact) mass is 325 g/mol. The molecule has 2 N–H and O–H groups in total. The van der Waals surface area contributed by atoms with E-state index in [0.29, 0.717) is 0 Å². The van der Waals surface area contributed by atoms with E-state index in [1.165, 1.54) is 11.9 Å². The molecule has 0 unspecified atom stereocenters. The van der Waals surface area contributed by atoms with E-state index in [0.717, 1.165) is 43.3 Å². The van der Waals surface area contributed by atoms with Crippen molar-refractivity contribution in [2.24, 2.45) is 0 Å². The molecule has 0 amide bonds. The van der Waals surface area contributed by atoms with Crippen molar-refractivity contribution in [1.82, 2.24) is 20.2 Å². The number of hydrogen-bond donors (Lipinski definition) is 2. The summed E-state index contributed by atoms with van der Waals surface area (Å²) in [7, 11) is 3.54. The van der Waals surface area contributed by atoms with Crippen molar-refractivity contribution in [3.63, 3.8) is 0 Å². The highest BCUT2D eigenvalue weighted by atomic mass is 32.1. The van der Waals surface area contributed by atoms with Crippen LogP contribution in [0.15, 0.2) is 24.5 Å². The molecule has 0 atom stereocenters. The summed E-state index contributed by atoms with van der Waals surface area (Å²) in [4.78, 5) is 9.59. The highest BCUT2D eigenvalue weighted by Crippen LogP contribution is 2.41. The number of fused-ring (bicyclic) bond motifs is 2. The number of aromatic amines is 1. The fraction of sp³-hybridized carbons (Fsp3) is 0.188. The Morgan fingerprint density at radius 3 is 2.87 bits per heavy atom. The summed E-state index contributed by atoms with van der Waals surface area (Å²) < 4.78 is 6.63. The first-order valence-electron chi connectivity index (χ1n) is 7.16. The van der Waals surface area contributed by atoms with Gasteiger partial charge in [-0.15, -0.1) is 11.3 Å². The first kappa shape index (κ1) is 14.0. The van der Waals surface area contributed by atoms with Crippen molar-refractivity contribution in [3.05, 3.63) is 30.1 Å². The van der Waals surface area contributed by atoms with Crippen molar-refractivity contribution in [2.45, 2.75) is 6.92 Å². The lowest BCUT2D eigenvalue weighted by molar-refractivity contribution is 0.420. The Labute approximate surface area is 136 Å². The number of nitrogens with zero attached hydrogens (tertiary/aromatic N) is 3. The predicted molar refractivity (Wildman–Crippen MR) is 93.3 cm³/mol. The average Bonchev–Trinajstić information content (AvgIpc) is 3.16. The van der Waals surface area contributed by atoms with Crippen LogP contribution in [0.1, 0.15) is 5.56 Å². The van der Waals surface area contributed by atoms with Gasteiger partial charge in [0.15, 0.2) is 5.65 Å². The van der Waals surface area contributed by atoms with Crippen molar-refractivity contribution in [3.8, 4) is 16.3 Å². The van der Waals surface area contributed by atoms with E-state index in [4.69, 9.17) is 4.74 Å². The molecule has 3 aromatic heterocycles. The number of H-pyrrole nitrogens is 1. The van der Waals surface area contributed by atoms with Crippen LogP contribution in [-0.4, -0.2) is 34.3 Å². The lowest BCUT2D eigenvalue weighted by Crippen LogP contribution is -1.93. The van der Waals surface area contributed by atoms with E-state index in [-0.39, 0.29) is 0 Å².